The monoisotopic (exact) mass is 431 g/mol. The van der Waals surface area contributed by atoms with Crippen LogP contribution in [0.15, 0.2) is 59.7 Å². The van der Waals surface area contributed by atoms with E-state index in [0.29, 0.717) is 23.6 Å². The first-order valence-electron chi connectivity index (χ1n) is 10.2. The van der Waals surface area contributed by atoms with Crippen molar-refractivity contribution in [2.24, 2.45) is 5.73 Å². The molecule has 3 aromatic rings. The van der Waals surface area contributed by atoms with Crippen LogP contribution < -0.4 is 16.4 Å². The second-order valence-corrected chi connectivity index (χ2v) is 7.75. The topological polar surface area (TPSA) is 113 Å². The molecule has 0 radical (unpaired) electrons. The molecule has 2 amide bonds. The SMILES string of the molecule is C=C[C@H]1Nc2cc(/C=C/C(=O)N(C)Cc3c(C)oc4ccccc34)cnc2NC(=O)[C@H]1N. The lowest BCUT2D eigenvalue weighted by atomic mass is 10.1. The molecule has 1 aliphatic heterocycles. The van der Waals surface area contributed by atoms with Gasteiger partial charge in [0.05, 0.1) is 11.7 Å². The van der Waals surface area contributed by atoms with Gasteiger partial charge in [-0.15, -0.1) is 6.58 Å². The number of hydrogen-bond donors (Lipinski definition) is 3. The fourth-order valence-electron chi connectivity index (χ4n) is 3.65. The van der Waals surface area contributed by atoms with Crippen LogP contribution >= 0.6 is 0 Å². The fraction of sp³-hybridized carbons (Fsp3) is 0.208. The van der Waals surface area contributed by atoms with E-state index in [1.54, 1.807) is 36.4 Å². The highest BCUT2D eigenvalue weighted by Crippen LogP contribution is 2.27. The van der Waals surface area contributed by atoms with E-state index in [4.69, 9.17) is 10.2 Å². The second-order valence-electron chi connectivity index (χ2n) is 7.75. The standard InChI is InChI=1S/C24H25N5O3/c1-4-18-22(25)24(31)28-23-19(27-18)11-15(12-26-23)9-10-21(30)29(3)13-17-14(2)32-20-8-6-5-7-16(17)20/h4-12,18,22,27H,1,13,25H2,2-3H3,(H,26,28,31)/b10-9+/t18-,22+/m1/s1. The average molecular weight is 431 g/mol. The average Bonchev–Trinajstić information content (AvgIpc) is 3.04. The summed E-state index contributed by atoms with van der Waals surface area (Å²) in [6.45, 7) is 6.06. The van der Waals surface area contributed by atoms with Gasteiger partial charge >= 0.3 is 0 Å². The number of amides is 2. The molecule has 8 heteroatoms. The lowest BCUT2D eigenvalue weighted by molar-refractivity contribution is -0.125. The van der Waals surface area contributed by atoms with Crippen LogP contribution in [0.2, 0.25) is 0 Å². The summed E-state index contributed by atoms with van der Waals surface area (Å²) < 4.78 is 5.79. The highest BCUT2D eigenvalue weighted by molar-refractivity contribution is 5.99. The van der Waals surface area contributed by atoms with Crippen LogP contribution in [0.1, 0.15) is 16.9 Å². The largest absolute Gasteiger partial charge is 0.461 e. The summed E-state index contributed by atoms with van der Waals surface area (Å²) in [5, 5.41) is 6.87. The maximum absolute atomic E-state index is 12.7. The number of para-hydroxylation sites is 1. The first-order chi connectivity index (χ1) is 15.4. The van der Waals surface area contributed by atoms with Crippen molar-refractivity contribution in [1.82, 2.24) is 9.88 Å². The Morgan fingerprint density at radius 2 is 2.16 bits per heavy atom. The number of benzene rings is 1. The van der Waals surface area contributed by atoms with Gasteiger partial charge in [-0.05, 0) is 30.7 Å². The lowest BCUT2D eigenvalue weighted by Crippen LogP contribution is -2.45. The Hall–Kier alpha value is -3.91. The molecule has 0 fully saturated rings. The van der Waals surface area contributed by atoms with E-state index in [2.05, 4.69) is 22.2 Å². The minimum Gasteiger partial charge on any atom is -0.461 e. The number of rotatable bonds is 5. The van der Waals surface area contributed by atoms with E-state index in [1.165, 1.54) is 6.08 Å². The van der Waals surface area contributed by atoms with Gasteiger partial charge in [0.15, 0.2) is 5.82 Å². The number of nitrogens with zero attached hydrogens (tertiary/aromatic N) is 2. The molecular formula is C24H25N5O3. The van der Waals surface area contributed by atoms with Gasteiger partial charge in [0.2, 0.25) is 11.8 Å². The lowest BCUT2D eigenvalue weighted by Gasteiger charge is -2.17. The van der Waals surface area contributed by atoms with Crippen LogP contribution in [0.3, 0.4) is 0 Å². The van der Waals surface area contributed by atoms with Gasteiger partial charge < -0.3 is 25.7 Å². The number of furan rings is 1. The number of anilines is 2. The van der Waals surface area contributed by atoms with E-state index >= 15 is 0 Å². The maximum Gasteiger partial charge on any atom is 0.246 e. The number of nitrogens with two attached hydrogens (primary N) is 1. The van der Waals surface area contributed by atoms with Crippen LogP contribution in [0.4, 0.5) is 11.5 Å². The molecule has 0 saturated heterocycles. The molecule has 2 atom stereocenters. The third kappa shape index (κ3) is 4.13. The molecule has 3 heterocycles. The van der Waals surface area contributed by atoms with Crippen LogP contribution in [-0.2, 0) is 16.1 Å². The van der Waals surface area contributed by atoms with Crippen LogP contribution in [-0.4, -0.2) is 40.8 Å². The van der Waals surface area contributed by atoms with Crippen LogP contribution in [0.25, 0.3) is 17.0 Å². The third-order valence-electron chi connectivity index (χ3n) is 5.51. The van der Waals surface area contributed by atoms with Gasteiger partial charge in [0.1, 0.15) is 17.4 Å². The number of carbonyl (C=O) groups is 2. The number of pyridine rings is 1. The zero-order chi connectivity index (χ0) is 22.8. The van der Waals surface area contributed by atoms with Gasteiger partial charge in [0, 0.05) is 36.8 Å². The minimum atomic E-state index is -0.779. The van der Waals surface area contributed by atoms with E-state index in [1.807, 2.05) is 31.2 Å². The molecule has 0 spiro atoms. The first-order valence-corrected chi connectivity index (χ1v) is 10.2. The Labute approximate surface area is 185 Å². The number of aryl methyl sites for hydroxylation is 1. The predicted octanol–water partition coefficient (Wildman–Crippen LogP) is 3.05. The summed E-state index contributed by atoms with van der Waals surface area (Å²) in [6, 6.07) is 8.37. The Kier molecular flexibility index (Phi) is 5.79. The van der Waals surface area contributed by atoms with Gasteiger partial charge in [-0.1, -0.05) is 24.3 Å². The van der Waals surface area contributed by atoms with Crippen molar-refractivity contribution in [2.75, 3.05) is 17.7 Å². The Morgan fingerprint density at radius 3 is 2.94 bits per heavy atom. The molecule has 1 aliphatic rings. The minimum absolute atomic E-state index is 0.156. The Balaban J connectivity index is 1.49. The number of hydrogen-bond acceptors (Lipinski definition) is 6. The van der Waals surface area contributed by atoms with E-state index in [0.717, 1.165) is 22.3 Å². The van der Waals surface area contributed by atoms with Crippen LogP contribution in [0, 0.1) is 6.92 Å². The smallest absolute Gasteiger partial charge is 0.246 e. The van der Waals surface area contributed by atoms with Crippen LogP contribution in [0.5, 0.6) is 0 Å². The number of carbonyl (C=O) groups excluding carboxylic acids is 2. The van der Waals surface area contributed by atoms with E-state index in [9.17, 15) is 9.59 Å². The van der Waals surface area contributed by atoms with Crippen molar-refractivity contribution in [3.8, 4) is 0 Å². The highest BCUT2D eigenvalue weighted by atomic mass is 16.3. The summed E-state index contributed by atoms with van der Waals surface area (Å²) in [7, 11) is 1.75. The van der Waals surface area contributed by atoms with Crippen molar-refractivity contribution in [1.29, 1.82) is 0 Å². The van der Waals surface area contributed by atoms with Gasteiger partial charge in [-0.3, -0.25) is 9.59 Å². The zero-order valence-corrected chi connectivity index (χ0v) is 18.0. The number of nitrogens with one attached hydrogen (secondary N) is 2. The maximum atomic E-state index is 12.7. The quantitative estimate of drug-likeness (QED) is 0.423. The molecule has 8 nitrogen and oxygen atoms in total. The fourth-order valence-corrected chi connectivity index (χ4v) is 3.65. The molecule has 0 bridgehead atoms. The summed E-state index contributed by atoms with van der Waals surface area (Å²) in [5.41, 5.74) is 9.05. The summed E-state index contributed by atoms with van der Waals surface area (Å²) in [4.78, 5) is 30.7. The summed E-state index contributed by atoms with van der Waals surface area (Å²) in [6.07, 6.45) is 6.34. The van der Waals surface area contributed by atoms with Crippen molar-refractivity contribution in [3.05, 3.63) is 72.1 Å². The molecule has 1 aromatic carbocycles. The zero-order valence-electron chi connectivity index (χ0n) is 18.0. The number of fused-ring (bicyclic) bond motifs is 2. The van der Waals surface area contributed by atoms with E-state index in [-0.39, 0.29) is 11.8 Å². The van der Waals surface area contributed by atoms with Crippen molar-refractivity contribution in [2.45, 2.75) is 25.6 Å². The molecule has 4 rings (SSSR count). The summed E-state index contributed by atoms with van der Waals surface area (Å²) >= 11 is 0. The Bertz CT molecular complexity index is 1230. The number of likely N-dealkylation sites (N-methyl/N-ethyl adjacent to an activating group) is 1. The molecular weight excluding hydrogens is 406 g/mol. The van der Waals surface area contributed by atoms with Gasteiger partial charge in [-0.2, -0.15) is 0 Å². The molecule has 164 valence electrons. The first kappa shape index (κ1) is 21.3. The normalized spacial score (nSPS) is 18.0. The second kappa shape index (κ2) is 8.68. The molecule has 0 aliphatic carbocycles. The highest BCUT2D eigenvalue weighted by Gasteiger charge is 2.27. The van der Waals surface area contributed by atoms with Crippen molar-refractivity contribution >= 4 is 40.4 Å². The van der Waals surface area contributed by atoms with Gasteiger partial charge in [0.25, 0.3) is 0 Å². The molecule has 2 aromatic heterocycles. The van der Waals surface area contributed by atoms with Gasteiger partial charge in [-0.25, -0.2) is 4.98 Å². The van der Waals surface area contributed by atoms with E-state index < -0.39 is 12.1 Å². The Morgan fingerprint density at radius 1 is 1.38 bits per heavy atom. The van der Waals surface area contributed by atoms with Crippen molar-refractivity contribution < 1.29 is 14.0 Å². The predicted molar refractivity (Wildman–Crippen MR) is 125 cm³/mol. The molecule has 0 unspecified atom stereocenters. The molecule has 4 N–H and O–H groups in total. The van der Waals surface area contributed by atoms with Crippen molar-refractivity contribution in [3.63, 3.8) is 0 Å². The third-order valence-corrected chi connectivity index (χ3v) is 5.51. The summed E-state index contributed by atoms with van der Waals surface area (Å²) in [5.74, 6) is 0.693. The molecule has 0 saturated carbocycles. The molecule has 32 heavy (non-hydrogen) atoms. The number of aromatic nitrogens is 1.